The van der Waals surface area contributed by atoms with Crippen LogP contribution in [0, 0.1) is 19.8 Å². The highest BCUT2D eigenvalue weighted by atomic mass is 16.5. The quantitative estimate of drug-likeness (QED) is 0.709. The summed E-state index contributed by atoms with van der Waals surface area (Å²) >= 11 is 0. The van der Waals surface area contributed by atoms with Crippen LogP contribution in [-0.2, 0) is 0 Å². The first-order valence-corrected chi connectivity index (χ1v) is 5.77. The topological polar surface area (TPSA) is 26.3 Å². The van der Waals surface area contributed by atoms with E-state index in [-0.39, 0.29) is 0 Å². The van der Waals surface area contributed by atoms with Gasteiger partial charge in [-0.25, -0.2) is 0 Å². The fourth-order valence-corrected chi connectivity index (χ4v) is 1.62. The number of aldehydes is 1. The van der Waals surface area contributed by atoms with Gasteiger partial charge in [0.15, 0.2) is 0 Å². The molecule has 0 fully saturated rings. The van der Waals surface area contributed by atoms with Gasteiger partial charge in [0, 0.05) is 5.56 Å². The van der Waals surface area contributed by atoms with Crippen LogP contribution in [0.5, 0.6) is 5.75 Å². The summed E-state index contributed by atoms with van der Waals surface area (Å²) in [6, 6.07) is 3.73. The van der Waals surface area contributed by atoms with Gasteiger partial charge in [0.05, 0.1) is 6.61 Å². The number of ether oxygens (including phenoxy) is 1. The lowest BCUT2D eigenvalue weighted by molar-refractivity contribution is 0.112. The van der Waals surface area contributed by atoms with Gasteiger partial charge in [-0.1, -0.05) is 20.3 Å². The van der Waals surface area contributed by atoms with Gasteiger partial charge in [0.1, 0.15) is 12.0 Å². The lowest BCUT2D eigenvalue weighted by Crippen LogP contribution is -2.09. The van der Waals surface area contributed by atoms with E-state index in [0.717, 1.165) is 36.2 Å². The molecule has 2 heteroatoms. The Morgan fingerprint density at radius 3 is 2.31 bits per heavy atom. The highest BCUT2D eigenvalue weighted by molar-refractivity contribution is 5.76. The highest BCUT2D eigenvalue weighted by Gasteiger charge is 2.07. The predicted molar refractivity (Wildman–Crippen MR) is 66.3 cm³/mol. The summed E-state index contributed by atoms with van der Waals surface area (Å²) in [4.78, 5) is 10.7. The molecule has 0 amide bonds. The average Bonchev–Trinajstić information content (AvgIpc) is 2.27. The third-order valence-electron chi connectivity index (χ3n) is 2.83. The molecule has 0 heterocycles. The van der Waals surface area contributed by atoms with Crippen LogP contribution in [0.2, 0.25) is 0 Å². The number of carbonyl (C=O) groups excluding carboxylic acids is 1. The Morgan fingerprint density at radius 1 is 1.31 bits per heavy atom. The smallest absolute Gasteiger partial charge is 0.150 e. The van der Waals surface area contributed by atoms with Crippen LogP contribution < -0.4 is 4.74 Å². The van der Waals surface area contributed by atoms with Gasteiger partial charge in [0.2, 0.25) is 0 Å². The first-order chi connectivity index (χ1) is 7.58. The van der Waals surface area contributed by atoms with Gasteiger partial charge in [-0.3, -0.25) is 4.79 Å². The molecule has 0 saturated carbocycles. The Bertz CT molecular complexity index is 346. The first-order valence-electron chi connectivity index (χ1n) is 5.77. The predicted octanol–water partition coefficient (Wildman–Crippen LogP) is 3.54. The van der Waals surface area contributed by atoms with E-state index in [1.54, 1.807) is 0 Å². The third-order valence-corrected chi connectivity index (χ3v) is 2.83. The summed E-state index contributed by atoms with van der Waals surface area (Å²) in [6.45, 7) is 9.02. The zero-order chi connectivity index (χ0) is 12.1. The van der Waals surface area contributed by atoms with Crippen molar-refractivity contribution in [2.75, 3.05) is 6.61 Å². The number of aryl methyl sites for hydroxylation is 2. The minimum Gasteiger partial charge on any atom is -0.493 e. The molecule has 1 atom stereocenters. The molecule has 0 aliphatic rings. The maximum Gasteiger partial charge on any atom is 0.150 e. The van der Waals surface area contributed by atoms with Gasteiger partial charge in [-0.05, 0) is 43.0 Å². The van der Waals surface area contributed by atoms with Crippen LogP contribution in [0.25, 0.3) is 0 Å². The first kappa shape index (κ1) is 12.8. The van der Waals surface area contributed by atoms with Crippen LogP contribution in [0.4, 0.5) is 0 Å². The standard InChI is InChI=1S/C14H20O2/c1-5-10(2)9-16-14-11(3)6-13(8-15)7-12(14)4/h6-8,10H,5,9H2,1-4H3. The van der Waals surface area contributed by atoms with Crippen molar-refractivity contribution in [3.05, 3.63) is 28.8 Å². The van der Waals surface area contributed by atoms with Gasteiger partial charge >= 0.3 is 0 Å². The van der Waals surface area contributed by atoms with Crippen molar-refractivity contribution in [1.29, 1.82) is 0 Å². The molecular formula is C14H20O2. The third kappa shape index (κ3) is 3.09. The largest absolute Gasteiger partial charge is 0.493 e. The van der Waals surface area contributed by atoms with E-state index in [9.17, 15) is 4.79 Å². The number of rotatable bonds is 5. The van der Waals surface area contributed by atoms with Crippen LogP contribution in [0.15, 0.2) is 12.1 Å². The molecule has 1 aromatic carbocycles. The molecule has 88 valence electrons. The Kier molecular flexibility index (Phi) is 4.53. The zero-order valence-electron chi connectivity index (χ0n) is 10.5. The van der Waals surface area contributed by atoms with Gasteiger partial charge in [-0.15, -0.1) is 0 Å². The van der Waals surface area contributed by atoms with E-state index in [1.165, 1.54) is 0 Å². The summed E-state index contributed by atoms with van der Waals surface area (Å²) in [7, 11) is 0. The number of benzene rings is 1. The summed E-state index contributed by atoms with van der Waals surface area (Å²) in [5.41, 5.74) is 2.78. The molecule has 0 aliphatic heterocycles. The molecule has 16 heavy (non-hydrogen) atoms. The second kappa shape index (κ2) is 5.69. The molecule has 1 unspecified atom stereocenters. The Labute approximate surface area is 97.6 Å². The average molecular weight is 220 g/mol. The molecule has 0 bridgehead atoms. The van der Waals surface area contributed by atoms with Crippen molar-refractivity contribution in [2.45, 2.75) is 34.1 Å². The van der Waals surface area contributed by atoms with Crippen molar-refractivity contribution >= 4 is 6.29 Å². The van der Waals surface area contributed by atoms with Crippen LogP contribution in [0.1, 0.15) is 41.8 Å². The molecule has 1 aromatic rings. The molecular weight excluding hydrogens is 200 g/mol. The number of carbonyl (C=O) groups is 1. The fourth-order valence-electron chi connectivity index (χ4n) is 1.62. The van der Waals surface area contributed by atoms with Crippen LogP contribution in [0.3, 0.4) is 0 Å². The van der Waals surface area contributed by atoms with Gasteiger partial charge in [-0.2, -0.15) is 0 Å². The van der Waals surface area contributed by atoms with Crippen LogP contribution >= 0.6 is 0 Å². The van der Waals surface area contributed by atoms with Crippen molar-refractivity contribution in [3.8, 4) is 5.75 Å². The summed E-state index contributed by atoms with van der Waals surface area (Å²) in [5, 5.41) is 0. The van der Waals surface area contributed by atoms with Gasteiger partial charge in [0.25, 0.3) is 0 Å². The fraction of sp³-hybridized carbons (Fsp3) is 0.500. The van der Waals surface area contributed by atoms with Crippen LogP contribution in [-0.4, -0.2) is 12.9 Å². The van der Waals surface area contributed by atoms with Crippen molar-refractivity contribution < 1.29 is 9.53 Å². The highest BCUT2D eigenvalue weighted by Crippen LogP contribution is 2.24. The maximum absolute atomic E-state index is 10.7. The molecule has 0 radical (unpaired) electrons. The van der Waals surface area contributed by atoms with Crippen molar-refractivity contribution in [2.24, 2.45) is 5.92 Å². The second-order valence-electron chi connectivity index (χ2n) is 4.43. The number of hydrogen-bond acceptors (Lipinski definition) is 2. The van der Waals surface area contributed by atoms with E-state index < -0.39 is 0 Å². The summed E-state index contributed by atoms with van der Waals surface area (Å²) < 4.78 is 5.80. The molecule has 0 spiro atoms. The molecule has 2 nitrogen and oxygen atoms in total. The van der Waals surface area contributed by atoms with E-state index in [0.29, 0.717) is 11.5 Å². The van der Waals surface area contributed by atoms with Crippen molar-refractivity contribution in [1.82, 2.24) is 0 Å². The Hall–Kier alpha value is -1.31. The molecule has 0 aromatic heterocycles. The minimum absolute atomic E-state index is 0.560. The van der Waals surface area contributed by atoms with Crippen molar-refractivity contribution in [3.63, 3.8) is 0 Å². The molecule has 0 saturated heterocycles. The minimum atomic E-state index is 0.560. The van der Waals surface area contributed by atoms with E-state index in [4.69, 9.17) is 4.74 Å². The maximum atomic E-state index is 10.7. The lowest BCUT2D eigenvalue weighted by atomic mass is 10.1. The zero-order valence-corrected chi connectivity index (χ0v) is 10.5. The second-order valence-corrected chi connectivity index (χ2v) is 4.43. The summed E-state index contributed by atoms with van der Waals surface area (Å²) in [6.07, 6.45) is 1.99. The van der Waals surface area contributed by atoms with Gasteiger partial charge < -0.3 is 4.74 Å². The molecule has 0 N–H and O–H groups in total. The normalized spacial score (nSPS) is 12.2. The molecule has 1 rings (SSSR count). The lowest BCUT2D eigenvalue weighted by Gasteiger charge is -2.15. The summed E-state index contributed by atoms with van der Waals surface area (Å²) in [5.74, 6) is 1.48. The Morgan fingerprint density at radius 2 is 1.88 bits per heavy atom. The monoisotopic (exact) mass is 220 g/mol. The Balaban J connectivity index is 2.84. The SMILES string of the molecule is CCC(C)COc1c(C)cc(C=O)cc1C. The van der Waals surface area contributed by atoms with E-state index in [2.05, 4.69) is 13.8 Å². The molecule has 0 aliphatic carbocycles. The van der Waals surface area contributed by atoms with E-state index in [1.807, 2.05) is 26.0 Å². The van der Waals surface area contributed by atoms with E-state index >= 15 is 0 Å². The number of hydrogen-bond donors (Lipinski definition) is 0.